The number of benzene rings is 1. The van der Waals surface area contributed by atoms with Gasteiger partial charge in [-0.05, 0) is 54.0 Å². The fourth-order valence-corrected chi connectivity index (χ4v) is 4.08. The van der Waals surface area contributed by atoms with E-state index in [0.717, 1.165) is 28.3 Å². The zero-order valence-corrected chi connectivity index (χ0v) is 23.6. The third kappa shape index (κ3) is 8.62. The molecule has 0 aliphatic heterocycles. The van der Waals surface area contributed by atoms with Gasteiger partial charge in [0.1, 0.15) is 5.82 Å². The highest BCUT2D eigenvalue weighted by atomic mass is 28.4. The van der Waals surface area contributed by atoms with Crippen LogP contribution >= 0.6 is 0 Å². The molecule has 9 nitrogen and oxygen atoms in total. The van der Waals surface area contributed by atoms with Crippen LogP contribution in [0.1, 0.15) is 26.3 Å². The number of hydrogen-bond donors (Lipinski definition) is 3. The Morgan fingerprint density at radius 3 is 2.57 bits per heavy atom. The fraction of sp³-hybridized carbons (Fsp3) is 0.407. The summed E-state index contributed by atoms with van der Waals surface area (Å²) < 4.78 is 11.0. The van der Waals surface area contributed by atoms with Gasteiger partial charge in [0.05, 0.1) is 26.0 Å². The van der Waals surface area contributed by atoms with Crippen molar-refractivity contribution in [1.29, 1.82) is 0 Å². The average molecular weight is 523 g/mol. The van der Waals surface area contributed by atoms with Gasteiger partial charge in [-0.15, -0.1) is 0 Å². The highest BCUT2D eigenvalue weighted by Gasteiger charge is 2.37. The van der Waals surface area contributed by atoms with Gasteiger partial charge in [-0.25, -0.2) is 15.0 Å². The van der Waals surface area contributed by atoms with Crippen molar-refractivity contribution >= 4 is 31.7 Å². The lowest BCUT2D eigenvalue weighted by atomic mass is 10.2. The Labute approximate surface area is 220 Å². The molecule has 0 amide bonds. The highest BCUT2D eigenvalue weighted by molar-refractivity contribution is 6.74. The topological polar surface area (TPSA) is 110 Å². The molecule has 1 aromatic carbocycles. The van der Waals surface area contributed by atoms with E-state index in [1.165, 1.54) is 7.11 Å². The van der Waals surface area contributed by atoms with Crippen LogP contribution in [0.5, 0.6) is 0 Å². The summed E-state index contributed by atoms with van der Waals surface area (Å²) in [5.41, 5.74) is 3.68. The van der Waals surface area contributed by atoms with Gasteiger partial charge in [-0.3, -0.25) is 4.79 Å². The zero-order valence-electron chi connectivity index (χ0n) is 22.6. The molecule has 0 spiro atoms. The summed E-state index contributed by atoms with van der Waals surface area (Å²) in [7, 11) is -0.451. The second kappa shape index (κ2) is 12.8. The van der Waals surface area contributed by atoms with Gasteiger partial charge in [0.15, 0.2) is 8.32 Å². The molecule has 3 aromatic rings. The quantitative estimate of drug-likeness (QED) is 0.172. The number of aromatic nitrogens is 3. The van der Waals surface area contributed by atoms with Crippen molar-refractivity contribution < 1.29 is 14.0 Å². The van der Waals surface area contributed by atoms with Crippen molar-refractivity contribution in [2.75, 3.05) is 37.4 Å². The van der Waals surface area contributed by atoms with E-state index in [4.69, 9.17) is 4.43 Å². The molecule has 0 aliphatic rings. The molecule has 0 aliphatic carbocycles. The first-order valence-electron chi connectivity index (χ1n) is 12.4. The number of nitrogens with zero attached hydrogens (tertiary/aromatic N) is 3. The SMILES string of the molecule is COC(=O)CNCCNc1ccc(-c2ccnc(Nc3cccc(CO[Si](C)(C)C(C)(C)C)c3)n2)cn1. The summed E-state index contributed by atoms with van der Waals surface area (Å²) >= 11 is 0. The molecule has 0 atom stereocenters. The summed E-state index contributed by atoms with van der Waals surface area (Å²) in [6.07, 6.45) is 3.50. The van der Waals surface area contributed by atoms with Gasteiger partial charge in [0.25, 0.3) is 0 Å². The molecule has 0 fully saturated rings. The van der Waals surface area contributed by atoms with Crippen molar-refractivity contribution in [3.63, 3.8) is 0 Å². The molecule has 0 radical (unpaired) electrons. The number of esters is 1. The first-order chi connectivity index (χ1) is 17.6. The smallest absolute Gasteiger partial charge is 0.319 e. The minimum absolute atomic E-state index is 0.170. The predicted molar refractivity (Wildman–Crippen MR) is 150 cm³/mol. The third-order valence-electron chi connectivity index (χ3n) is 6.41. The van der Waals surface area contributed by atoms with E-state index < -0.39 is 8.32 Å². The molecule has 10 heteroatoms. The van der Waals surface area contributed by atoms with Gasteiger partial charge in [0.2, 0.25) is 5.95 Å². The van der Waals surface area contributed by atoms with Crippen molar-refractivity contribution in [1.82, 2.24) is 20.3 Å². The Hall–Kier alpha value is -3.34. The van der Waals surface area contributed by atoms with E-state index in [1.807, 2.05) is 30.3 Å². The number of carbonyl (C=O) groups is 1. The van der Waals surface area contributed by atoms with Crippen LogP contribution in [0.2, 0.25) is 18.1 Å². The van der Waals surface area contributed by atoms with E-state index in [2.05, 4.69) is 81.6 Å². The Kier molecular flexibility index (Phi) is 9.73. The van der Waals surface area contributed by atoms with Crippen molar-refractivity contribution in [2.45, 2.75) is 45.5 Å². The first-order valence-corrected chi connectivity index (χ1v) is 15.3. The minimum Gasteiger partial charge on any atom is -0.468 e. The molecular weight excluding hydrogens is 484 g/mol. The largest absolute Gasteiger partial charge is 0.468 e. The number of pyridine rings is 1. The van der Waals surface area contributed by atoms with E-state index in [0.29, 0.717) is 25.6 Å². The van der Waals surface area contributed by atoms with Crippen molar-refractivity contribution in [3.05, 3.63) is 60.4 Å². The van der Waals surface area contributed by atoms with E-state index in [9.17, 15) is 4.79 Å². The van der Waals surface area contributed by atoms with Crippen LogP contribution < -0.4 is 16.0 Å². The molecule has 0 unspecified atom stereocenters. The lowest BCUT2D eigenvalue weighted by Gasteiger charge is -2.36. The first kappa shape index (κ1) is 28.2. The van der Waals surface area contributed by atoms with E-state index in [1.54, 1.807) is 12.4 Å². The summed E-state index contributed by atoms with van der Waals surface area (Å²) in [6.45, 7) is 13.3. The minimum atomic E-state index is -1.82. The van der Waals surface area contributed by atoms with Crippen LogP contribution in [-0.2, 0) is 20.6 Å². The van der Waals surface area contributed by atoms with Crippen LogP contribution in [0, 0.1) is 0 Å². The number of hydrogen-bond acceptors (Lipinski definition) is 9. The fourth-order valence-electron chi connectivity index (χ4n) is 3.12. The molecule has 3 rings (SSSR count). The van der Waals surface area contributed by atoms with Gasteiger partial charge < -0.3 is 25.1 Å². The Morgan fingerprint density at radius 1 is 1.05 bits per heavy atom. The predicted octanol–water partition coefficient (Wildman–Crippen LogP) is 4.98. The molecule has 0 saturated heterocycles. The van der Waals surface area contributed by atoms with Gasteiger partial charge in [0, 0.05) is 36.7 Å². The van der Waals surface area contributed by atoms with Crippen LogP contribution in [-0.4, -0.2) is 56.0 Å². The van der Waals surface area contributed by atoms with E-state index in [-0.39, 0.29) is 17.6 Å². The van der Waals surface area contributed by atoms with E-state index >= 15 is 0 Å². The molecule has 37 heavy (non-hydrogen) atoms. The molecular formula is C27H38N6O3Si. The van der Waals surface area contributed by atoms with Gasteiger partial charge in [-0.2, -0.15) is 0 Å². The zero-order chi connectivity index (χ0) is 26.9. The molecule has 3 N–H and O–H groups in total. The summed E-state index contributed by atoms with van der Waals surface area (Å²) in [4.78, 5) is 24.6. The Morgan fingerprint density at radius 2 is 1.86 bits per heavy atom. The maximum atomic E-state index is 11.1. The standard InChI is InChI=1S/C27H38N6O3Si/c1-27(2,3)37(5,6)36-19-20-8-7-9-22(16-20)32-26-30-13-12-23(33-26)21-10-11-24(31-17-21)29-15-14-28-18-25(34)35-4/h7-13,16-17,28H,14-15,18-19H2,1-6H3,(H,29,31)(H,30,32,33). The van der Waals surface area contributed by atoms with Crippen LogP contribution in [0.3, 0.4) is 0 Å². The summed E-state index contributed by atoms with van der Waals surface area (Å²) in [6, 6.07) is 13.9. The molecule has 0 bridgehead atoms. The maximum Gasteiger partial charge on any atom is 0.319 e. The monoisotopic (exact) mass is 522 g/mol. The van der Waals surface area contributed by atoms with Crippen LogP contribution in [0.4, 0.5) is 17.5 Å². The Bertz CT molecular complexity index is 1170. The second-order valence-electron chi connectivity index (χ2n) is 10.3. The van der Waals surface area contributed by atoms with Crippen LogP contribution in [0.25, 0.3) is 11.3 Å². The average Bonchev–Trinajstić information content (AvgIpc) is 2.87. The lowest BCUT2D eigenvalue weighted by Crippen LogP contribution is -2.40. The summed E-state index contributed by atoms with van der Waals surface area (Å²) in [5, 5.41) is 9.69. The number of ether oxygens (including phenoxy) is 1. The maximum absolute atomic E-state index is 11.1. The van der Waals surface area contributed by atoms with Crippen LogP contribution in [0.15, 0.2) is 54.9 Å². The number of rotatable bonds is 12. The number of nitrogens with one attached hydrogen (secondary N) is 3. The molecule has 2 aromatic heterocycles. The summed E-state index contributed by atoms with van der Waals surface area (Å²) in [5.74, 6) is 0.969. The lowest BCUT2D eigenvalue weighted by molar-refractivity contribution is -0.139. The number of methoxy groups -OCH3 is 1. The second-order valence-corrected chi connectivity index (χ2v) is 15.1. The normalized spacial score (nSPS) is 11.7. The van der Waals surface area contributed by atoms with Gasteiger partial charge >= 0.3 is 5.97 Å². The highest BCUT2D eigenvalue weighted by Crippen LogP contribution is 2.37. The number of anilines is 3. The van der Waals surface area contributed by atoms with Gasteiger partial charge in [-0.1, -0.05) is 32.9 Å². The molecule has 2 heterocycles. The molecule has 0 saturated carbocycles. The Balaban J connectivity index is 1.57. The van der Waals surface area contributed by atoms with Crippen molar-refractivity contribution in [3.8, 4) is 11.3 Å². The number of carbonyl (C=O) groups excluding carboxylic acids is 1. The molecule has 198 valence electrons. The van der Waals surface area contributed by atoms with Crippen molar-refractivity contribution in [2.24, 2.45) is 0 Å². The third-order valence-corrected chi connectivity index (χ3v) is 10.9.